The summed E-state index contributed by atoms with van der Waals surface area (Å²) in [7, 11) is 0. The molecule has 0 N–H and O–H groups in total. The normalized spacial score (nSPS) is 20.2. The first-order chi connectivity index (χ1) is 11.6. The summed E-state index contributed by atoms with van der Waals surface area (Å²) in [5.74, 6) is -0.602. The van der Waals surface area contributed by atoms with Crippen molar-refractivity contribution in [2.24, 2.45) is 5.92 Å². The van der Waals surface area contributed by atoms with Crippen LogP contribution in [0.2, 0.25) is 0 Å². The van der Waals surface area contributed by atoms with E-state index in [-0.39, 0.29) is 12.0 Å². The van der Waals surface area contributed by atoms with Crippen LogP contribution in [0.25, 0.3) is 0 Å². The van der Waals surface area contributed by atoms with Crippen LogP contribution < -0.4 is 4.74 Å². The van der Waals surface area contributed by atoms with Gasteiger partial charge in [0.05, 0.1) is 0 Å². The van der Waals surface area contributed by atoms with E-state index in [0.717, 1.165) is 25.0 Å². The number of piperidine rings is 1. The third kappa shape index (κ3) is 4.46. The third-order valence-corrected chi connectivity index (χ3v) is 5.18. The van der Waals surface area contributed by atoms with Crippen molar-refractivity contribution in [3.05, 3.63) is 29.8 Å². The van der Waals surface area contributed by atoms with Gasteiger partial charge in [0, 0.05) is 38.4 Å². The van der Waals surface area contributed by atoms with Crippen molar-refractivity contribution < 1.29 is 18.3 Å². The molecular formula is C19H25F2NO2. The molecule has 24 heavy (non-hydrogen) atoms. The van der Waals surface area contributed by atoms with Crippen molar-refractivity contribution in [2.45, 2.75) is 57.5 Å². The zero-order valence-corrected chi connectivity index (χ0v) is 14.0. The van der Waals surface area contributed by atoms with Gasteiger partial charge in [0.15, 0.2) is 11.6 Å². The summed E-state index contributed by atoms with van der Waals surface area (Å²) in [4.78, 5) is 14.3. The fourth-order valence-electron chi connectivity index (χ4n) is 3.73. The van der Waals surface area contributed by atoms with Crippen LogP contribution in [0.5, 0.6) is 5.75 Å². The molecule has 1 aliphatic carbocycles. The highest BCUT2D eigenvalue weighted by Crippen LogP contribution is 2.28. The molecule has 2 aliphatic rings. The lowest BCUT2D eigenvalue weighted by Crippen LogP contribution is -2.42. The minimum Gasteiger partial charge on any atom is -0.490 e. The third-order valence-electron chi connectivity index (χ3n) is 5.18. The molecule has 1 aromatic rings. The Morgan fingerprint density at radius 2 is 1.75 bits per heavy atom. The van der Waals surface area contributed by atoms with E-state index in [4.69, 9.17) is 4.74 Å². The summed E-state index contributed by atoms with van der Waals surface area (Å²) in [5, 5.41) is 0. The number of ether oxygens (including phenoxy) is 1. The molecule has 0 aromatic heterocycles. The molecule has 2 fully saturated rings. The van der Waals surface area contributed by atoms with Gasteiger partial charge in [-0.15, -0.1) is 0 Å². The molecule has 5 heteroatoms. The van der Waals surface area contributed by atoms with E-state index in [9.17, 15) is 13.6 Å². The zero-order chi connectivity index (χ0) is 16.9. The van der Waals surface area contributed by atoms with E-state index in [2.05, 4.69) is 0 Å². The van der Waals surface area contributed by atoms with Gasteiger partial charge < -0.3 is 9.64 Å². The highest BCUT2D eigenvalue weighted by molar-refractivity contribution is 5.76. The van der Waals surface area contributed by atoms with Crippen LogP contribution in [0, 0.1) is 17.6 Å². The maximum absolute atomic E-state index is 13.2. The first kappa shape index (κ1) is 17.2. The molecule has 0 atom stereocenters. The van der Waals surface area contributed by atoms with Gasteiger partial charge in [-0.3, -0.25) is 4.79 Å². The minimum atomic E-state index is -0.896. The van der Waals surface area contributed by atoms with Crippen LogP contribution >= 0.6 is 0 Å². The smallest absolute Gasteiger partial charge is 0.222 e. The molecule has 3 nitrogen and oxygen atoms in total. The second kappa shape index (κ2) is 7.95. The summed E-state index contributed by atoms with van der Waals surface area (Å²) in [6, 6.07) is 3.60. The van der Waals surface area contributed by atoms with E-state index >= 15 is 0 Å². The highest BCUT2D eigenvalue weighted by Gasteiger charge is 2.26. The average Bonchev–Trinajstić information content (AvgIpc) is 2.60. The molecule has 1 saturated heterocycles. The molecule has 0 unspecified atom stereocenters. The Kier molecular flexibility index (Phi) is 5.69. The lowest BCUT2D eigenvalue weighted by molar-refractivity contribution is -0.134. The minimum absolute atomic E-state index is 0.0476. The molecule has 1 heterocycles. The molecule has 1 amide bonds. The number of halogens is 2. The Labute approximate surface area is 142 Å². The Balaban J connectivity index is 1.44. The molecule has 1 aliphatic heterocycles. The average molecular weight is 337 g/mol. The lowest BCUT2D eigenvalue weighted by Gasteiger charge is -2.33. The van der Waals surface area contributed by atoms with Gasteiger partial charge >= 0.3 is 0 Å². The van der Waals surface area contributed by atoms with Gasteiger partial charge in [-0.25, -0.2) is 8.78 Å². The molecule has 0 spiro atoms. The van der Waals surface area contributed by atoms with Crippen LogP contribution in [0.4, 0.5) is 8.78 Å². The van der Waals surface area contributed by atoms with E-state index in [0.29, 0.717) is 31.2 Å². The molecule has 0 radical (unpaired) electrons. The van der Waals surface area contributed by atoms with Crippen molar-refractivity contribution in [1.29, 1.82) is 0 Å². The molecule has 132 valence electrons. The molecule has 1 saturated carbocycles. The van der Waals surface area contributed by atoms with Crippen LogP contribution in [0.3, 0.4) is 0 Å². The fraction of sp³-hybridized carbons (Fsp3) is 0.632. The number of nitrogens with zero attached hydrogens (tertiary/aromatic N) is 1. The standard InChI is InChI=1S/C19H25F2NO2/c20-17-7-6-16(13-18(17)21)24-15-8-10-22(11-9-15)19(23)12-14-4-2-1-3-5-14/h6-7,13-15H,1-5,8-12H2. The van der Waals surface area contributed by atoms with Crippen LogP contribution in [-0.4, -0.2) is 30.0 Å². The van der Waals surface area contributed by atoms with Gasteiger partial charge in [-0.05, 0) is 30.9 Å². The van der Waals surface area contributed by atoms with Crippen molar-refractivity contribution >= 4 is 5.91 Å². The first-order valence-electron chi connectivity index (χ1n) is 9.01. The second-order valence-corrected chi connectivity index (χ2v) is 6.98. The Morgan fingerprint density at radius 3 is 2.42 bits per heavy atom. The number of likely N-dealkylation sites (tertiary alicyclic amines) is 1. The number of carbonyl (C=O) groups is 1. The maximum atomic E-state index is 13.2. The summed E-state index contributed by atoms with van der Waals surface area (Å²) < 4.78 is 31.9. The Hall–Kier alpha value is -1.65. The molecule has 0 bridgehead atoms. The van der Waals surface area contributed by atoms with E-state index in [1.165, 1.54) is 38.2 Å². The summed E-state index contributed by atoms with van der Waals surface area (Å²) in [6.45, 7) is 1.36. The van der Waals surface area contributed by atoms with Crippen LogP contribution in [-0.2, 0) is 4.79 Å². The number of hydrogen-bond donors (Lipinski definition) is 0. The van der Waals surface area contributed by atoms with Crippen LogP contribution in [0.15, 0.2) is 18.2 Å². The van der Waals surface area contributed by atoms with Gasteiger partial charge in [-0.2, -0.15) is 0 Å². The number of hydrogen-bond acceptors (Lipinski definition) is 2. The summed E-state index contributed by atoms with van der Waals surface area (Å²) >= 11 is 0. The Morgan fingerprint density at radius 1 is 1.04 bits per heavy atom. The van der Waals surface area contributed by atoms with Gasteiger partial charge in [0.1, 0.15) is 11.9 Å². The van der Waals surface area contributed by atoms with Crippen molar-refractivity contribution in [1.82, 2.24) is 4.90 Å². The van der Waals surface area contributed by atoms with E-state index < -0.39 is 11.6 Å². The Bertz CT molecular complexity index is 564. The summed E-state index contributed by atoms with van der Waals surface area (Å²) in [6.07, 6.45) is 8.26. The quantitative estimate of drug-likeness (QED) is 0.819. The van der Waals surface area contributed by atoms with Crippen LogP contribution in [0.1, 0.15) is 51.4 Å². The molecule has 1 aromatic carbocycles. The molecular weight excluding hydrogens is 312 g/mol. The first-order valence-corrected chi connectivity index (χ1v) is 9.01. The van der Waals surface area contributed by atoms with Crippen molar-refractivity contribution in [2.75, 3.05) is 13.1 Å². The topological polar surface area (TPSA) is 29.5 Å². The van der Waals surface area contributed by atoms with Gasteiger partial charge in [0.25, 0.3) is 0 Å². The largest absolute Gasteiger partial charge is 0.490 e. The monoisotopic (exact) mass is 337 g/mol. The number of amides is 1. The fourth-order valence-corrected chi connectivity index (χ4v) is 3.73. The second-order valence-electron chi connectivity index (χ2n) is 6.98. The van der Waals surface area contributed by atoms with Gasteiger partial charge in [0.2, 0.25) is 5.91 Å². The summed E-state index contributed by atoms with van der Waals surface area (Å²) in [5.41, 5.74) is 0. The molecule has 3 rings (SSSR count). The van der Waals surface area contributed by atoms with E-state index in [1.807, 2.05) is 4.90 Å². The number of carbonyl (C=O) groups excluding carboxylic acids is 1. The lowest BCUT2D eigenvalue weighted by atomic mass is 9.86. The predicted octanol–water partition coefficient (Wildman–Crippen LogP) is 4.31. The SMILES string of the molecule is O=C(CC1CCCCC1)N1CCC(Oc2ccc(F)c(F)c2)CC1. The van der Waals surface area contributed by atoms with Gasteiger partial charge in [-0.1, -0.05) is 19.3 Å². The van der Waals surface area contributed by atoms with E-state index in [1.54, 1.807) is 0 Å². The number of rotatable bonds is 4. The predicted molar refractivity (Wildman–Crippen MR) is 87.8 cm³/mol. The van der Waals surface area contributed by atoms with Crippen molar-refractivity contribution in [3.63, 3.8) is 0 Å². The number of benzene rings is 1. The highest BCUT2D eigenvalue weighted by atomic mass is 19.2. The zero-order valence-electron chi connectivity index (χ0n) is 14.0. The maximum Gasteiger partial charge on any atom is 0.222 e. The van der Waals surface area contributed by atoms with Crippen molar-refractivity contribution in [3.8, 4) is 5.75 Å².